The number of hydrogen-bond acceptors (Lipinski definition) is 4. The van der Waals surface area contributed by atoms with Gasteiger partial charge in [0.1, 0.15) is 11.8 Å². The summed E-state index contributed by atoms with van der Waals surface area (Å²) in [7, 11) is 0. The predicted octanol–water partition coefficient (Wildman–Crippen LogP) is 4.46. The Kier molecular flexibility index (Phi) is 4.85. The first-order valence-electron chi connectivity index (χ1n) is 8.32. The van der Waals surface area contributed by atoms with Crippen LogP contribution in [0.2, 0.25) is 0 Å². The number of hydrogen-bond donors (Lipinski definition) is 1. The maximum atomic E-state index is 13.0. The summed E-state index contributed by atoms with van der Waals surface area (Å²) in [5, 5.41) is 4.45. The molecule has 0 aromatic heterocycles. The Morgan fingerprint density at radius 1 is 1.04 bits per heavy atom. The van der Waals surface area contributed by atoms with Crippen LogP contribution in [-0.4, -0.2) is 17.3 Å². The van der Waals surface area contributed by atoms with E-state index in [0.29, 0.717) is 17.1 Å². The van der Waals surface area contributed by atoms with Crippen LogP contribution in [0.5, 0.6) is 0 Å². The van der Waals surface area contributed by atoms with Crippen LogP contribution in [0.15, 0.2) is 64.7 Å². The molecular formula is C20H21N3O. The normalized spacial score (nSPS) is 16.2. The molecule has 0 saturated carbocycles. The minimum absolute atomic E-state index is 0.0547. The Hall–Kier alpha value is -2.75. The van der Waals surface area contributed by atoms with Gasteiger partial charge in [-0.25, -0.2) is 4.99 Å². The molecule has 0 radical (unpaired) electrons. The molecule has 1 aliphatic rings. The summed E-state index contributed by atoms with van der Waals surface area (Å²) in [6.07, 6.45) is 1.74. The molecule has 1 heterocycles. The van der Waals surface area contributed by atoms with Crippen LogP contribution in [-0.2, 0) is 0 Å². The van der Waals surface area contributed by atoms with Crippen molar-refractivity contribution in [1.82, 2.24) is 5.43 Å². The SMILES string of the molecule is CCC(CC)=NNC1=Nc2ccccc2C(=O)C1c1ccccc1. The molecule has 3 rings (SSSR count). The Morgan fingerprint density at radius 2 is 1.71 bits per heavy atom. The number of carbonyl (C=O) groups is 1. The first-order chi connectivity index (χ1) is 11.7. The molecule has 0 bridgehead atoms. The van der Waals surface area contributed by atoms with Crippen molar-refractivity contribution in [3.8, 4) is 0 Å². The number of carbonyl (C=O) groups excluding carboxylic acids is 1. The van der Waals surface area contributed by atoms with Crippen molar-refractivity contribution in [2.24, 2.45) is 10.1 Å². The second-order valence-corrected chi connectivity index (χ2v) is 5.72. The van der Waals surface area contributed by atoms with E-state index in [4.69, 9.17) is 0 Å². The predicted molar refractivity (Wildman–Crippen MR) is 98.2 cm³/mol. The van der Waals surface area contributed by atoms with Crippen LogP contribution in [0.3, 0.4) is 0 Å². The van der Waals surface area contributed by atoms with Gasteiger partial charge in [0.15, 0.2) is 5.78 Å². The highest BCUT2D eigenvalue weighted by Gasteiger charge is 2.32. The summed E-state index contributed by atoms with van der Waals surface area (Å²) in [6, 6.07) is 17.2. The van der Waals surface area contributed by atoms with Gasteiger partial charge in [-0.1, -0.05) is 56.3 Å². The third-order valence-electron chi connectivity index (χ3n) is 4.22. The van der Waals surface area contributed by atoms with Gasteiger partial charge >= 0.3 is 0 Å². The lowest BCUT2D eigenvalue weighted by Gasteiger charge is -2.23. The first kappa shape index (κ1) is 16.1. The minimum atomic E-state index is -0.445. The molecule has 2 aromatic rings. The monoisotopic (exact) mass is 319 g/mol. The summed E-state index contributed by atoms with van der Waals surface area (Å²) in [5.41, 5.74) is 6.39. The Balaban J connectivity index is 2.05. The summed E-state index contributed by atoms with van der Waals surface area (Å²) >= 11 is 0. The number of hydrazone groups is 1. The zero-order valence-corrected chi connectivity index (χ0v) is 14.0. The van der Waals surface area contributed by atoms with Crippen LogP contribution in [0.25, 0.3) is 0 Å². The fraction of sp³-hybridized carbons (Fsp3) is 0.250. The van der Waals surface area contributed by atoms with E-state index < -0.39 is 5.92 Å². The van der Waals surface area contributed by atoms with Gasteiger partial charge < -0.3 is 0 Å². The number of aliphatic imine (C=N–C) groups is 1. The van der Waals surface area contributed by atoms with E-state index >= 15 is 0 Å². The lowest BCUT2D eigenvalue weighted by atomic mass is 9.87. The van der Waals surface area contributed by atoms with Crippen LogP contribution in [0.4, 0.5) is 5.69 Å². The van der Waals surface area contributed by atoms with E-state index in [-0.39, 0.29) is 5.78 Å². The van der Waals surface area contributed by atoms with E-state index in [9.17, 15) is 4.79 Å². The van der Waals surface area contributed by atoms with Crippen LogP contribution < -0.4 is 5.43 Å². The highest BCUT2D eigenvalue weighted by Crippen LogP contribution is 2.33. The molecule has 1 atom stereocenters. The Morgan fingerprint density at radius 3 is 2.42 bits per heavy atom. The smallest absolute Gasteiger partial charge is 0.180 e. The number of Topliss-reactive ketones (excluding diaryl/α,β-unsaturated/α-hetero) is 1. The van der Waals surface area contributed by atoms with Gasteiger partial charge in [-0.05, 0) is 30.5 Å². The molecule has 122 valence electrons. The number of fused-ring (bicyclic) bond motifs is 1. The standard InChI is InChI=1S/C20H21N3O/c1-3-15(4-2)22-23-20-18(14-10-6-5-7-11-14)19(24)16-12-8-9-13-17(16)21-20/h5-13,18H,3-4H2,1-2H3,(H,21,23). The highest BCUT2D eigenvalue weighted by molar-refractivity contribution is 6.21. The molecular weight excluding hydrogens is 298 g/mol. The van der Waals surface area contributed by atoms with Gasteiger partial charge in [-0.3, -0.25) is 10.2 Å². The zero-order chi connectivity index (χ0) is 16.9. The number of ketones is 1. The molecule has 4 heteroatoms. The maximum absolute atomic E-state index is 13.0. The van der Waals surface area contributed by atoms with Crippen LogP contribution in [0, 0.1) is 0 Å². The average molecular weight is 319 g/mol. The zero-order valence-electron chi connectivity index (χ0n) is 14.0. The molecule has 0 amide bonds. The van der Waals surface area contributed by atoms with Crippen LogP contribution in [0.1, 0.15) is 48.5 Å². The topological polar surface area (TPSA) is 53.8 Å². The third-order valence-corrected chi connectivity index (χ3v) is 4.22. The van der Waals surface area contributed by atoms with E-state index in [1.165, 1.54) is 0 Å². The van der Waals surface area contributed by atoms with Crippen molar-refractivity contribution >= 4 is 23.0 Å². The average Bonchev–Trinajstić information content (AvgIpc) is 2.63. The molecule has 1 aliphatic heterocycles. The van der Waals surface area contributed by atoms with Crippen molar-refractivity contribution in [3.63, 3.8) is 0 Å². The third kappa shape index (κ3) is 3.13. The van der Waals surface area contributed by atoms with Crippen molar-refractivity contribution in [2.75, 3.05) is 0 Å². The summed E-state index contributed by atoms with van der Waals surface area (Å²) in [5.74, 6) is 0.197. The number of para-hydroxylation sites is 1. The number of benzene rings is 2. The first-order valence-corrected chi connectivity index (χ1v) is 8.32. The fourth-order valence-corrected chi connectivity index (χ4v) is 2.84. The number of rotatable bonds is 4. The Bertz CT molecular complexity index is 788. The fourth-order valence-electron chi connectivity index (χ4n) is 2.84. The quantitative estimate of drug-likeness (QED) is 0.668. The van der Waals surface area contributed by atoms with Crippen molar-refractivity contribution in [1.29, 1.82) is 0 Å². The molecule has 1 N–H and O–H groups in total. The van der Waals surface area contributed by atoms with E-state index in [2.05, 4.69) is 29.4 Å². The molecule has 1 unspecified atom stereocenters. The lowest BCUT2D eigenvalue weighted by molar-refractivity contribution is 0.0980. The van der Waals surface area contributed by atoms with Crippen molar-refractivity contribution in [2.45, 2.75) is 32.6 Å². The minimum Gasteiger partial charge on any atom is -0.293 e. The molecule has 0 aliphatic carbocycles. The maximum Gasteiger partial charge on any atom is 0.180 e. The number of nitrogens with zero attached hydrogens (tertiary/aromatic N) is 2. The Labute approximate surface area is 142 Å². The molecule has 0 spiro atoms. The highest BCUT2D eigenvalue weighted by atomic mass is 16.1. The summed E-state index contributed by atoms with van der Waals surface area (Å²) in [6.45, 7) is 4.14. The molecule has 2 aromatic carbocycles. The van der Waals surface area contributed by atoms with Gasteiger partial charge in [0, 0.05) is 11.3 Å². The van der Waals surface area contributed by atoms with Gasteiger partial charge in [0.2, 0.25) is 0 Å². The molecule has 0 saturated heterocycles. The van der Waals surface area contributed by atoms with Gasteiger partial charge in [0.25, 0.3) is 0 Å². The summed E-state index contributed by atoms with van der Waals surface area (Å²) < 4.78 is 0. The van der Waals surface area contributed by atoms with Gasteiger partial charge in [-0.2, -0.15) is 5.10 Å². The van der Waals surface area contributed by atoms with Gasteiger partial charge in [0.05, 0.1) is 5.69 Å². The van der Waals surface area contributed by atoms with Crippen molar-refractivity contribution < 1.29 is 4.79 Å². The number of nitrogens with one attached hydrogen (secondary N) is 1. The second-order valence-electron chi connectivity index (χ2n) is 5.72. The van der Waals surface area contributed by atoms with Crippen LogP contribution >= 0.6 is 0 Å². The molecule has 24 heavy (non-hydrogen) atoms. The van der Waals surface area contributed by atoms with E-state index in [1.54, 1.807) is 0 Å². The number of amidine groups is 1. The largest absolute Gasteiger partial charge is 0.293 e. The van der Waals surface area contributed by atoms with E-state index in [1.807, 2.05) is 54.6 Å². The molecule has 0 fully saturated rings. The van der Waals surface area contributed by atoms with Gasteiger partial charge in [-0.15, -0.1) is 0 Å². The lowest BCUT2D eigenvalue weighted by Crippen LogP contribution is -2.34. The summed E-state index contributed by atoms with van der Waals surface area (Å²) in [4.78, 5) is 17.7. The molecule has 4 nitrogen and oxygen atoms in total. The van der Waals surface area contributed by atoms with Crippen molar-refractivity contribution in [3.05, 3.63) is 65.7 Å². The van der Waals surface area contributed by atoms with E-state index in [0.717, 1.165) is 24.1 Å². The second kappa shape index (κ2) is 7.21.